The van der Waals surface area contributed by atoms with Crippen molar-refractivity contribution in [1.82, 2.24) is 0 Å². The number of para-hydroxylation sites is 2. The van der Waals surface area contributed by atoms with Gasteiger partial charge in [-0.25, -0.2) is 0 Å². The van der Waals surface area contributed by atoms with Crippen molar-refractivity contribution in [3.05, 3.63) is 85.5 Å². The van der Waals surface area contributed by atoms with Crippen molar-refractivity contribution in [3.8, 4) is 11.1 Å². The molecule has 0 saturated carbocycles. The molecule has 0 bridgehead atoms. The van der Waals surface area contributed by atoms with Gasteiger partial charge >= 0.3 is 0 Å². The minimum atomic E-state index is 0. The second-order valence-corrected chi connectivity index (χ2v) is 7.90. The van der Waals surface area contributed by atoms with Crippen LogP contribution in [0.3, 0.4) is 0 Å². The summed E-state index contributed by atoms with van der Waals surface area (Å²) in [6.07, 6.45) is 5.95. The van der Waals surface area contributed by atoms with E-state index in [1.54, 1.807) is 0 Å². The first-order valence-electron chi connectivity index (χ1n) is 10.7. The van der Waals surface area contributed by atoms with E-state index in [-0.39, 0.29) is 17.0 Å². The average molecular weight is 459 g/mol. The van der Waals surface area contributed by atoms with Crippen LogP contribution in [0, 0.1) is 0 Å². The Morgan fingerprint density at radius 1 is 0.767 bits per heavy atom. The maximum absolute atomic E-state index is 3.98. The van der Waals surface area contributed by atoms with E-state index in [1.807, 2.05) is 6.08 Å². The van der Waals surface area contributed by atoms with E-state index in [0.29, 0.717) is 0 Å². The summed E-state index contributed by atoms with van der Waals surface area (Å²) in [5, 5.41) is 2.58. The zero-order chi connectivity index (χ0) is 19.6. The SMILES string of the molecule is C=CC[n+]1c2ccccc2c(-c2ccc(N3CCCCC3)cc2)c2ccccc21.[Br-]. The molecule has 3 aromatic carbocycles. The molecule has 0 spiro atoms. The summed E-state index contributed by atoms with van der Waals surface area (Å²) in [5.74, 6) is 0. The topological polar surface area (TPSA) is 7.12 Å². The Labute approximate surface area is 189 Å². The van der Waals surface area contributed by atoms with Crippen molar-refractivity contribution >= 4 is 27.5 Å². The van der Waals surface area contributed by atoms with Gasteiger partial charge < -0.3 is 21.9 Å². The Balaban J connectivity index is 0.00000218. The Morgan fingerprint density at radius 2 is 1.33 bits per heavy atom. The number of nitrogens with zero attached hydrogens (tertiary/aromatic N) is 2. The fourth-order valence-electron chi connectivity index (χ4n) is 4.74. The molecule has 1 aliphatic heterocycles. The second kappa shape index (κ2) is 9.01. The predicted molar refractivity (Wildman–Crippen MR) is 123 cm³/mol. The molecule has 0 unspecified atom stereocenters. The van der Waals surface area contributed by atoms with Gasteiger partial charge in [-0.15, -0.1) is 0 Å². The van der Waals surface area contributed by atoms with Gasteiger partial charge in [0.15, 0.2) is 6.54 Å². The molecule has 30 heavy (non-hydrogen) atoms. The summed E-state index contributed by atoms with van der Waals surface area (Å²) in [6, 6.07) is 26.7. The largest absolute Gasteiger partial charge is 1.00 e. The second-order valence-electron chi connectivity index (χ2n) is 7.90. The molecule has 1 aliphatic rings. The summed E-state index contributed by atoms with van der Waals surface area (Å²) >= 11 is 0. The zero-order valence-electron chi connectivity index (χ0n) is 17.2. The Hall–Kier alpha value is -2.65. The van der Waals surface area contributed by atoms with E-state index in [0.717, 1.165) is 6.54 Å². The van der Waals surface area contributed by atoms with Crippen LogP contribution in [0.5, 0.6) is 0 Å². The van der Waals surface area contributed by atoms with Gasteiger partial charge in [-0.1, -0.05) is 43.0 Å². The lowest BCUT2D eigenvalue weighted by Crippen LogP contribution is -3.00. The van der Waals surface area contributed by atoms with Crippen LogP contribution in [0.1, 0.15) is 19.3 Å². The maximum atomic E-state index is 3.98. The van der Waals surface area contributed by atoms with Crippen molar-refractivity contribution in [2.75, 3.05) is 18.0 Å². The molecular formula is C27H27BrN2. The molecule has 2 heterocycles. The fourth-order valence-corrected chi connectivity index (χ4v) is 4.74. The summed E-state index contributed by atoms with van der Waals surface area (Å²) < 4.78 is 2.36. The molecule has 0 amide bonds. The highest BCUT2D eigenvalue weighted by Gasteiger charge is 2.20. The number of halogens is 1. The first kappa shape index (κ1) is 20.6. The molecule has 1 fully saturated rings. The van der Waals surface area contributed by atoms with Gasteiger partial charge in [-0.2, -0.15) is 4.57 Å². The number of rotatable bonds is 4. The van der Waals surface area contributed by atoms with Crippen molar-refractivity contribution < 1.29 is 21.5 Å². The van der Waals surface area contributed by atoms with Crippen molar-refractivity contribution in [1.29, 1.82) is 0 Å². The first-order chi connectivity index (χ1) is 14.4. The highest BCUT2D eigenvalue weighted by atomic mass is 79.9. The maximum Gasteiger partial charge on any atom is 0.213 e. The minimum Gasteiger partial charge on any atom is -1.00 e. The number of piperidine rings is 1. The number of benzene rings is 3. The molecule has 3 heteroatoms. The lowest BCUT2D eigenvalue weighted by atomic mass is 9.95. The highest BCUT2D eigenvalue weighted by Crippen LogP contribution is 2.35. The van der Waals surface area contributed by atoms with Crippen LogP contribution < -0.4 is 26.4 Å². The molecule has 0 N–H and O–H groups in total. The standard InChI is InChI=1S/C27H27N2.BrH/c1-2-18-29-25-12-6-4-10-23(25)27(24-11-5-7-13-26(24)29)21-14-16-22(17-15-21)28-19-8-3-9-20-28;/h2,4-7,10-17H,1,3,8-9,18-20H2;1H/q+1;/p-1. The van der Waals surface area contributed by atoms with Crippen molar-refractivity contribution in [2.24, 2.45) is 0 Å². The molecule has 0 aliphatic carbocycles. The lowest BCUT2D eigenvalue weighted by Gasteiger charge is -2.29. The van der Waals surface area contributed by atoms with E-state index in [1.165, 1.54) is 71.0 Å². The summed E-state index contributed by atoms with van der Waals surface area (Å²) in [6.45, 7) is 7.14. The number of allylic oxidation sites excluding steroid dienone is 1. The van der Waals surface area contributed by atoms with Crippen LogP contribution >= 0.6 is 0 Å². The summed E-state index contributed by atoms with van der Waals surface area (Å²) in [5.41, 5.74) is 6.45. The van der Waals surface area contributed by atoms with Gasteiger partial charge in [-0.3, -0.25) is 0 Å². The van der Waals surface area contributed by atoms with E-state index < -0.39 is 0 Å². The van der Waals surface area contributed by atoms with Crippen LogP contribution in [-0.2, 0) is 6.54 Å². The van der Waals surface area contributed by atoms with E-state index >= 15 is 0 Å². The molecule has 5 rings (SSSR count). The van der Waals surface area contributed by atoms with Gasteiger partial charge in [0.2, 0.25) is 11.0 Å². The average Bonchev–Trinajstić information content (AvgIpc) is 2.80. The highest BCUT2D eigenvalue weighted by molar-refractivity contribution is 6.07. The summed E-state index contributed by atoms with van der Waals surface area (Å²) in [4.78, 5) is 2.52. The molecule has 4 aromatic rings. The van der Waals surface area contributed by atoms with Gasteiger partial charge in [-0.05, 0) is 55.2 Å². The zero-order valence-corrected chi connectivity index (χ0v) is 18.8. The number of pyridine rings is 1. The Kier molecular flexibility index (Phi) is 6.19. The molecule has 1 aromatic heterocycles. The predicted octanol–water partition coefficient (Wildman–Crippen LogP) is 3.13. The minimum absolute atomic E-state index is 0. The molecule has 1 saturated heterocycles. The quantitative estimate of drug-likeness (QED) is 0.259. The third-order valence-corrected chi connectivity index (χ3v) is 6.12. The molecular weight excluding hydrogens is 432 g/mol. The normalized spacial score (nSPS) is 13.9. The van der Waals surface area contributed by atoms with E-state index in [2.05, 4.69) is 88.8 Å². The van der Waals surface area contributed by atoms with Gasteiger partial charge in [0, 0.05) is 36.5 Å². The van der Waals surface area contributed by atoms with Crippen molar-refractivity contribution in [3.63, 3.8) is 0 Å². The number of anilines is 1. The van der Waals surface area contributed by atoms with Crippen LogP contribution in [0.25, 0.3) is 32.9 Å². The Bertz CT molecular complexity index is 1120. The molecule has 152 valence electrons. The summed E-state index contributed by atoms with van der Waals surface area (Å²) in [7, 11) is 0. The third-order valence-electron chi connectivity index (χ3n) is 6.12. The first-order valence-corrected chi connectivity index (χ1v) is 10.7. The molecule has 2 nitrogen and oxygen atoms in total. The van der Waals surface area contributed by atoms with E-state index in [9.17, 15) is 0 Å². The number of hydrogen-bond donors (Lipinski definition) is 0. The number of fused-ring (bicyclic) bond motifs is 2. The Morgan fingerprint density at radius 3 is 1.90 bits per heavy atom. The van der Waals surface area contributed by atoms with E-state index in [4.69, 9.17) is 0 Å². The smallest absolute Gasteiger partial charge is 0.213 e. The van der Waals surface area contributed by atoms with Gasteiger partial charge in [0.05, 0.1) is 10.8 Å². The number of aromatic nitrogens is 1. The van der Waals surface area contributed by atoms with Crippen molar-refractivity contribution in [2.45, 2.75) is 25.8 Å². The van der Waals surface area contributed by atoms with Crippen LogP contribution in [0.2, 0.25) is 0 Å². The van der Waals surface area contributed by atoms with Crippen LogP contribution in [-0.4, -0.2) is 13.1 Å². The van der Waals surface area contributed by atoms with Crippen LogP contribution in [0.4, 0.5) is 5.69 Å². The van der Waals surface area contributed by atoms with Crippen LogP contribution in [0.15, 0.2) is 85.5 Å². The molecule has 0 radical (unpaired) electrons. The monoisotopic (exact) mass is 458 g/mol. The fraction of sp³-hybridized carbons (Fsp3) is 0.222. The van der Waals surface area contributed by atoms with Gasteiger partial charge in [0.25, 0.3) is 0 Å². The number of hydrogen-bond acceptors (Lipinski definition) is 1. The molecule has 0 atom stereocenters. The lowest BCUT2D eigenvalue weighted by molar-refractivity contribution is -0.634. The van der Waals surface area contributed by atoms with Gasteiger partial charge in [0.1, 0.15) is 0 Å². The third kappa shape index (κ3) is 3.63.